The number of hydrogen-bond donors (Lipinski definition) is 2. The largest absolute Gasteiger partial charge is 0.507 e. The number of nitrogens with one attached hydrogen (secondary N) is 1. The zero-order valence-corrected chi connectivity index (χ0v) is 13.7. The van der Waals surface area contributed by atoms with Crippen molar-refractivity contribution < 1.29 is 14.6 Å². The summed E-state index contributed by atoms with van der Waals surface area (Å²) in [5.41, 5.74) is 2.94. The summed E-state index contributed by atoms with van der Waals surface area (Å²) >= 11 is 0. The Balaban J connectivity index is 1.65. The predicted octanol–water partition coefficient (Wildman–Crippen LogP) is 3.46. The number of benzene rings is 3. The SMILES string of the molecule is C[C@H](Oc1cccc2ccccc12)C(=O)NN=Cc1ccccc1O. The summed E-state index contributed by atoms with van der Waals surface area (Å²) in [6.07, 6.45) is 0.671. The molecule has 0 saturated carbocycles. The fourth-order valence-corrected chi connectivity index (χ4v) is 2.40. The highest BCUT2D eigenvalue weighted by atomic mass is 16.5. The summed E-state index contributed by atoms with van der Waals surface area (Å²) in [4.78, 5) is 12.1. The number of ether oxygens (including phenoxy) is 1. The van der Waals surface area contributed by atoms with Crippen molar-refractivity contribution in [3.63, 3.8) is 0 Å². The lowest BCUT2D eigenvalue weighted by molar-refractivity contribution is -0.127. The van der Waals surface area contributed by atoms with Crippen molar-refractivity contribution in [3.05, 3.63) is 72.3 Å². The number of phenolic OH excluding ortho intramolecular Hbond substituents is 1. The summed E-state index contributed by atoms with van der Waals surface area (Å²) in [5.74, 6) is 0.366. The molecule has 0 aliphatic carbocycles. The van der Waals surface area contributed by atoms with Crippen LogP contribution in [-0.2, 0) is 4.79 Å². The van der Waals surface area contributed by atoms with Crippen LogP contribution in [0.5, 0.6) is 11.5 Å². The summed E-state index contributed by atoms with van der Waals surface area (Å²) in [6, 6.07) is 20.3. The summed E-state index contributed by atoms with van der Waals surface area (Å²) in [7, 11) is 0. The Kier molecular flexibility index (Phi) is 4.95. The Labute approximate surface area is 145 Å². The molecule has 3 aromatic carbocycles. The summed E-state index contributed by atoms with van der Waals surface area (Å²) in [6.45, 7) is 1.66. The molecule has 1 atom stereocenters. The average Bonchev–Trinajstić information content (AvgIpc) is 2.63. The van der Waals surface area contributed by atoms with Crippen LogP contribution in [0.3, 0.4) is 0 Å². The molecule has 0 bridgehead atoms. The lowest BCUT2D eigenvalue weighted by Crippen LogP contribution is -2.33. The second kappa shape index (κ2) is 7.49. The zero-order valence-electron chi connectivity index (χ0n) is 13.7. The molecule has 0 heterocycles. The number of hydrazone groups is 1. The molecule has 3 rings (SSSR count). The maximum absolute atomic E-state index is 12.1. The first-order valence-corrected chi connectivity index (χ1v) is 7.90. The Morgan fingerprint density at radius 3 is 2.64 bits per heavy atom. The summed E-state index contributed by atoms with van der Waals surface area (Å²) < 4.78 is 5.78. The van der Waals surface area contributed by atoms with Gasteiger partial charge in [0.15, 0.2) is 6.10 Å². The molecular weight excluding hydrogens is 316 g/mol. The van der Waals surface area contributed by atoms with Crippen molar-refractivity contribution in [1.82, 2.24) is 5.43 Å². The van der Waals surface area contributed by atoms with E-state index in [1.807, 2.05) is 42.5 Å². The molecule has 0 aliphatic heterocycles. The van der Waals surface area contributed by atoms with Crippen LogP contribution in [0, 0.1) is 0 Å². The Morgan fingerprint density at radius 2 is 1.80 bits per heavy atom. The number of rotatable bonds is 5. The highest BCUT2D eigenvalue weighted by Gasteiger charge is 2.15. The van der Waals surface area contributed by atoms with Crippen LogP contribution >= 0.6 is 0 Å². The first-order chi connectivity index (χ1) is 12.1. The first-order valence-electron chi connectivity index (χ1n) is 7.90. The van der Waals surface area contributed by atoms with Gasteiger partial charge in [0.25, 0.3) is 5.91 Å². The number of aromatic hydroxyl groups is 1. The van der Waals surface area contributed by atoms with Crippen molar-refractivity contribution in [2.75, 3.05) is 0 Å². The number of amides is 1. The fraction of sp³-hybridized carbons (Fsp3) is 0.100. The third-order valence-electron chi connectivity index (χ3n) is 3.74. The average molecular weight is 334 g/mol. The van der Waals surface area contributed by atoms with E-state index in [0.29, 0.717) is 11.3 Å². The van der Waals surface area contributed by atoms with Gasteiger partial charge < -0.3 is 9.84 Å². The minimum atomic E-state index is -0.715. The molecule has 126 valence electrons. The number of nitrogens with zero attached hydrogens (tertiary/aromatic N) is 1. The molecule has 3 aromatic rings. The molecule has 5 nitrogen and oxygen atoms in total. The Hall–Kier alpha value is -3.34. The monoisotopic (exact) mass is 334 g/mol. The van der Waals surface area contributed by atoms with E-state index in [-0.39, 0.29) is 11.7 Å². The molecule has 0 fully saturated rings. The third kappa shape index (κ3) is 3.95. The van der Waals surface area contributed by atoms with E-state index in [0.717, 1.165) is 10.8 Å². The van der Waals surface area contributed by atoms with E-state index in [4.69, 9.17) is 4.74 Å². The quantitative estimate of drug-likeness (QED) is 0.554. The Bertz CT molecular complexity index is 916. The van der Waals surface area contributed by atoms with Gasteiger partial charge in [-0.3, -0.25) is 4.79 Å². The molecular formula is C20H18N2O3. The van der Waals surface area contributed by atoms with Crippen LogP contribution in [0.1, 0.15) is 12.5 Å². The maximum atomic E-state index is 12.1. The summed E-state index contributed by atoms with van der Waals surface area (Å²) in [5, 5.41) is 15.5. The first kappa shape index (κ1) is 16.5. The lowest BCUT2D eigenvalue weighted by atomic mass is 10.1. The highest BCUT2D eigenvalue weighted by Crippen LogP contribution is 2.26. The number of para-hydroxylation sites is 1. The lowest BCUT2D eigenvalue weighted by Gasteiger charge is -2.14. The molecule has 0 saturated heterocycles. The van der Waals surface area contributed by atoms with Gasteiger partial charge in [-0.15, -0.1) is 0 Å². The zero-order chi connectivity index (χ0) is 17.6. The van der Waals surface area contributed by atoms with Gasteiger partial charge in [-0.05, 0) is 30.5 Å². The number of carbonyl (C=O) groups is 1. The molecule has 5 heteroatoms. The third-order valence-corrected chi connectivity index (χ3v) is 3.74. The van der Waals surface area contributed by atoms with Gasteiger partial charge in [0.2, 0.25) is 0 Å². The van der Waals surface area contributed by atoms with Crippen molar-refractivity contribution in [3.8, 4) is 11.5 Å². The number of hydrogen-bond acceptors (Lipinski definition) is 4. The molecule has 0 aliphatic rings. The van der Waals surface area contributed by atoms with Gasteiger partial charge >= 0.3 is 0 Å². The minimum absolute atomic E-state index is 0.0977. The number of carbonyl (C=O) groups excluding carboxylic acids is 1. The van der Waals surface area contributed by atoms with Crippen molar-refractivity contribution in [2.45, 2.75) is 13.0 Å². The Morgan fingerprint density at radius 1 is 1.08 bits per heavy atom. The van der Waals surface area contributed by atoms with E-state index in [2.05, 4.69) is 10.5 Å². The fourth-order valence-electron chi connectivity index (χ4n) is 2.40. The standard InChI is InChI=1S/C20H18N2O3/c1-14(20(24)22-21-13-16-8-3-5-11-18(16)23)25-19-12-6-9-15-7-2-4-10-17(15)19/h2-14,23H,1H3,(H,22,24)/t14-/m0/s1. The van der Waals surface area contributed by atoms with E-state index in [1.54, 1.807) is 31.2 Å². The van der Waals surface area contributed by atoms with Crippen molar-refractivity contribution in [1.29, 1.82) is 0 Å². The van der Waals surface area contributed by atoms with Gasteiger partial charge in [-0.2, -0.15) is 5.10 Å². The van der Waals surface area contributed by atoms with Crippen molar-refractivity contribution in [2.24, 2.45) is 5.10 Å². The topological polar surface area (TPSA) is 70.9 Å². The molecule has 0 unspecified atom stereocenters. The molecule has 0 aromatic heterocycles. The van der Waals surface area contributed by atoms with Crippen molar-refractivity contribution >= 4 is 22.9 Å². The van der Waals surface area contributed by atoms with E-state index < -0.39 is 6.10 Å². The predicted molar refractivity (Wildman–Crippen MR) is 97.9 cm³/mol. The van der Waals surface area contributed by atoms with Crippen LogP contribution < -0.4 is 10.2 Å². The van der Waals surface area contributed by atoms with E-state index >= 15 is 0 Å². The van der Waals surface area contributed by atoms with Gasteiger partial charge in [-0.25, -0.2) is 5.43 Å². The van der Waals surface area contributed by atoms with Gasteiger partial charge in [0, 0.05) is 10.9 Å². The second-order valence-corrected chi connectivity index (χ2v) is 5.53. The van der Waals surface area contributed by atoms with E-state index in [9.17, 15) is 9.90 Å². The minimum Gasteiger partial charge on any atom is -0.507 e. The number of fused-ring (bicyclic) bond motifs is 1. The van der Waals surface area contributed by atoms with Crippen LogP contribution in [0.4, 0.5) is 0 Å². The highest BCUT2D eigenvalue weighted by molar-refractivity contribution is 5.89. The van der Waals surface area contributed by atoms with Crippen LogP contribution in [0.25, 0.3) is 10.8 Å². The smallest absolute Gasteiger partial charge is 0.280 e. The van der Waals surface area contributed by atoms with Crippen LogP contribution in [-0.4, -0.2) is 23.3 Å². The number of phenols is 1. The maximum Gasteiger partial charge on any atom is 0.280 e. The second-order valence-electron chi connectivity index (χ2n) is 5.53. The van der Waals surface area contributed by atoms with Crippen LogP contribution in [0.15, 0.2) is 71.8 Å². The molecule has 0 spiro atoms. The molecule has 2 N–H and O–H groups in total. The van der Waals surface area contributed by atoms with Gasteiger partial charge in [-0.1, -0.05) is 48.5 Å². The molecule has 0 radical (unpaired) electrons. The molecule has 1 amide bonds. The van der Waals surface area contributed by atoms with Gasteiger partial charge in [0.1, 0.15) is 11.5 Å². The normalized spacial score (nSPS) is 12.2. The van der Waals surface area contributed by atoms with Crippen LogP contribution in [0.2, 0.25) is 0 Å². The molecule has 25 heavy (non-hydrogen) atoms. The van der Waals surface area contributed by atoms with Gasteiger partial charge in [0.05, 0.1) is 6.21 Å². The van der Waals surface area contributed by atoms with E-state index in [1.165, 1.54) is 6.21 Å².